The SMILES string of the molecule is COc1cc(NC(=O)c2cc3ccccc3c(N=Nc3cc(Cl)c(C)cc3S(=O)(=O)O)c2[O-])ccc1Cl.[Na+]. The molecule has 0 saturated carbocycles. The number of nitrogens with zero attached hydrogens (tertiary/aromatic N) is 2. The van der Waals surface area contributed by atoms with Gasteiger partial charge in [0, 0.05) is 27.7 Å². The first-order valence-electron chi connectivity index (χ1n) is 10.6. The summed E-state index contributed by atoms with van der Waals surface area (Å²) >= 11 is 12.1. The fraction of sp³-hybridized carbons (Fsp3) is 0.0800. The number of rotatable bonds is 6. The molecule has 4 aromatic rings. The van der Waals surface area contributed by atoms with Gasteiger partial charge in [0.05, 0.1) is 17.8 Å². The number of carbonyl (C=O) groups is 1. The van der Waals surface area contributed by atoms with Crippen LogP contribution in [0.1, 0.15) is 15.9 Å². The molecule has 0 saturated heterocycles. The summed E-state index contributed by atoms with van der Waals surface area (Å²) < 4.78 is 38.5. The Morgan fingerprint density at radius 3 is 2.42 bits per heavy atom. The van der Waals surface area contributed by atoms with E-state index in [9.17, 15) is 22.9 Å². The number of methoxy groups -OCH3 is 1. The fourth-order valence-corrected chi connectivity index (χ4v) is 4.59. The van der Waals surface area contributed by atoms with Crippen molar-refractivity contribution in [3.63, 3.8) is 0 Å². The van der Waals surface area contributed by atoms with Crippen LogP contribution in [0.2, 0.25) is 10.0 Å². The molecular formula is C25H18Cl2N3NaO6S. The van der Waals surface area contributed by atoms with E-state index in [-0.39, 0.29) is 51.5 Å². The van der Waals surface area contributed by atoms with Gasteiger partial charge in [-0.05, 0) is 48.2 Å². The van der Waals surface area contributed by atoms with Gasteiger partial charge in [0.25, 0.3) is 16.0 Å². The summed E-state index contributed by atoms with van der Waals surface area (Å²) in [4.78, 5) is 12.5. The molecule has 13 heteroatoms. The third-order valence-corrected chi connectivity index (χ3v) is 7.01. The molecule has 0 radical (unpaired) electrons. The van der Waals surface area contributed by atoms with E-state index in [1.165, 1.54) is 31.4 Å². The van der Waals surface area contributed by atoms with Gasteiger partial charge < -0.3 is 15.2 Å². The van der Waals surface area contributed by atoms with Gasteiger partial charge in [0.2, 0.25) is 0 Å². The number of fused-ring (bicyclic) bond motifs is 1. The van der Waals surface area contributed by atoms with E-state index in [0.717, 1.165) is 6.07 Å². The van der Waals surface area contributed by atoms with Gasteiger partial charge in [-0.2, -0.15) is 13.5 Å². The van der Waals surface area contributed by atoms with Crippen LogP contribution in [0.4, 0.5) is 17.1 Å². The van der Waals surface area contributed by atoms with Crippen LogP contribution in [-0.4, -0.2) is 26.0 Å². The average molecular weight is 582 g/mol. The first-order chi connectivity index (χ1) is 17.5. The second kappa shape index (κ2) is 12.0. The molecule has 2 N–H and O–H groups in total. The number of ether oxygens (including phenoxy) is 1. The van der Waals surface area contributed by atoms with Crippen molar-refractivity contribution < 1.29 is 57.2 Å². The van der Waals surface area contributed by atoms with Gasteiger partial charge in [-0.25, -0.2) is 0 Å². The second-order valence-electron chi connectivity index (χ2n) is 7.87. The molecule has 0 atom stereocenters. The van der Waals surface area contributed by atoms with Crippen LogP contribution in [0.25, 0.3) is 10.8 Å². The van der Waals surface area contributed by atoms with Crippen molar-refractivity contribution in [3.05, 3.63) is 81.8 Å². The summed E-state index contributed by atoms with van der Waals surface area (Å²) in [7, 11) is -3.24. The zero-order valence-electron chi connectivity index (χ0n) is 20.3. The van der Waals surface area contributed by atoms with E-state index >= 15 is 0 Å². The number of hydrogen-bond acceptors (Lipinski definition) is 7. The predicted octanol–water partition coefficient (Wildman–Crippen LogP) is 3.46. The average Bonchev–Trinajstić information content (AvgIpc) is 2.85. The van der Waals surface area contributed by atoms with Crippen molar-refractivity contribution in [1.82, 2.24) is 0 Å². The Morgan fingerprint density at radius 2 is 1.74 bits per heavy atom. The molecule has 1 amide bonds. The van der Waals surface area contributed by atoms with E-state index in [1.54, 1.807) is 37.3 Å². The minimum absolute atomic E-state index is 0. The van der Waals surface area contributed by atoms with Gasteiger partial charge in [-0.3, -0.25) is 9.35 Å². The third-order valence-electron chi connectivity index (χ3n) is 5.40. The number of azo groups is 1. The first-order valence-corrected chi connectivity index (χ1v) is 12.8. The largest absolute Gasteiger partial charge is 1.00 e. The van der Waals surface area contributed by atoms with Crippen molar-refractivity contribution in [2.45, 2.75) is 11.8 Å². The minimum Gasteiger partial charge on any atom is -0.870 e. The molecule has 0 spiro atoms. The molecule has 0 fully saturated rings. The van der Waals surface area contributed by atoms with E-state index < -0.39 is 26.7 Å². The Labute approximate surface area is 250 Å². The molecule has 4 aromatic carbocycles. The van der Waals surface area contributed by atoms with Gasteiger partial charge >= 0.3 is 29.6 Å². The summed E-state index contributed by atoms with van der Waals surface area (Å²) in [6.07, 6.45) is 0. The Bertz CT molecular complexity index is 1700. The smallest absolute Gasteiger partial charge is 0.870 e. The molecule has 4 rings (SSSR count). The zero-order chi connectivity index (χ0) is 26.9. The van der Waals surface area contributed by atoms with Crippen molar-refractivity contribution in [2.75, 3.05) is 12.4 Å². The second-order valence-corrected chi connectivity index (χ2v) is 10.1. The van der Waals surface area contributed by atoms with Crippen LogP contribution < -0.4 is 44.7 Å². The number of anilines is 1. The number of carbonyl (C=O) groups excluding carboxylic acids is 1. The van der Waals surface area contributed by atoms with Crippen LogP contribution in [0.3, 0.4) is 0 Å². The molecule has 38 heavy (non-hydrogen) atoms. The molecule has 190 valence electrons. The minimum atomic E-state index is -4.67. The molecule has 0 unspecified atom stereocenters. The number of halogens is 2. The van der Waals surface area contributed by atoms with E-state index in [0.29, 0.717) is 32.8 Å². The summed E-state index contributed by atoms with van der Waals surface area (Å²) in [5.41, 5.74) is 0.0351. The van der Waals surface area contributed by atoms with E-state index in [4.69, 9.17) is 27.9 Å². The normalized spacial score (nSPS) is 11.4. The quantitative estimate of drug-likeness (QED) is 0.203. The van der Waals surface area contributed by atoms with Crippen molar-refractivity contribution in [3.8, 4) is 11.5 Å². The van der Waals surface area contributed by atoms with Crippen molar-refractivity contribution in [1.29, 1.82) is 0 Å². The summed E-state index contributed by atoms with van der Waals surface area (Å²) in [6.45, 7) is 1.56. The fourth-order valence-electron chi connectivity index (χ4n) is 3.55. The maximum atomic E-state index is 13.4. The van der Waals surface area contributed by atoms with Gasteiger partial charge in [-0.1, -0.05) is 53.2 Å². The molecule has 0 aliphatic rings. The zero-order valence-corrected chi connectivity index (χ0v) is 24.6. The van der Waals surface area contributed by atoms with Crippen molar-refractivity contribution >= 4 is 67.1 Å². The Balaban J connectivity index is 0.00000400. The van der Waals surface area contributed by atoms with E-state index in [1.807, 2.05) is 0 Å². The number of amides is 1. The number of benzene rings is 4. The molecule has 0 aliphatic heterocycles. The topological polar surface area (TPSA) is 140 Å². The summed E-state index contributed by atoms with van der Waals surface area (Å²) in [6, 6.07) is 15.1. The van der Waals surface area contributed by atoms with Crippen LogP contribution in [0.15, 0.2) is 75.8 Å². The molecule has 0 bridgehead atoms. The number of hydrogen-bond donors (Lipinski definition) is 2. The summed E-state index contributed by atoms with van der Waals surface area (Å²) in [5, 5.41) is 25.3. The first kappa shape index (κ1) is 29.9. The predicted molar refractivity (Wildman–Crippen MR) is 140 cm³/mol. The van der Waals surface area contributed by atoms with Gasteiger partial charge in [0.1, 0.15) is 16.3 Å². The Hall–Kier alpha value is -2.70. The van der Waals surface area contributed by atoms with Gasteiger partial charge in [0.15, 0.2) is 0 Å². The molecule has 0 aromatic heterocycles. The monoisotopic (exact) mass is 581 g/mol. The third kappa shape index (κ3) is 6.29. The summed E-state index contributed by atoms with van der Waals surface area (Å²) in [5.74, 6) is -1.12. The Morgan fingerprint density at radius 1 is 1.03 bits per heavy atom. The van der Waals surface area contributed by atoms with Crippen LogP contribution in [-0.2, 0) is 10.1 Å². The van der Waals surface area contributed by atoms with Gasteiger partial charge in [-0.15, -0.1) is 5.11 Å². The molecule has 0 heterocycles. The molecule has 9 nitrogen and oxygen atoms in total. The number of nitrogens with one attached hydrogen (secondary N) is 1. The van der Waals surface area contributed by atoms with Crippen LogP contribution in [0.5, 0.6) is 11.5 Å². The van der Waals surface area contributed by atoms with E-state index in [2.05, 4.69) is 15.5 Å². The standard InChI is InChI=1S/C25H19Cl2N3O6S.Na/c1-13-9-22(37(33,34)35)20(12-19(13)27)29-30-23-16-6-4-3-5-14(16)10-17(24(23)31)25(32)28-15-7-8-18(26)21(11-15)36-2;/h3-12,31H,1-2H3,(H,28,32)(H,33,34,35);/q;+1/p-1. The maximum absolute atomic E-state index is 13.4. The van der Waals surface area contributed by atoms with Crippen LogP contribution >= 0.6 is 23.2 Å². The molecule has 0 aliphatic carbocycles. The van der Waals surface area contributed by atoms with Crippen LogP contribution in [0, 0.1) is 6.92 Å². The van der Waals surface area contributed by atoms with Crippen molar-refractivity contribution in [2.24, 2.45) is 10.2 Å². The maximum Gasteiger partial charge on any atom is 1.00 e. The Kier molecular flexibility index (Phi) is 9.43. The molecular weight excluding hydrogens is 564 g/mol. The number of aryl methyl sites for hydroxylation is 1.